The van der Waals surface area contributed by atoms with Crippen LogP contribution in [0.1, 0.15) is 24.9 Å². The van der Waals surface area contributed by atoms with E-state index in [1.54, 1.807) is 0 Å². The molecule has 1 fully saturated rings. The van der Waals surface area contributed by atoms with Crippen LogP contribution < -0.4 is 5.32 Å². The van der Waals surface area contributed by atoms with E-state index in [1.165, 1.54) is 4.90 Å². The minimum absolute atomic E-state index is 0.0990. The van der Waals surface area contributed by atoms with Gasteiger partial charge >= 0.3 is 6.09 Å². The molecule has 0 spiro atoms. The van der Waals surface area contributed by atoms with E-state index < -0.39 is 0 Å². The lowest BCUT2D eigenvalue weighted by Gasteiger charge is -2.23. The molecule has 1 aromatic rings. The summed E-state index contributed by atoms with van der Waals surface area (Å²) >= 11 is 1.82. The second kappa shape index (κ2) is 5.25. The van der Waals surface area contributed by atoms with Crippen molar-refractivity contribution in [2.45, 2.75) is 24.3 Å². The van der Waals surface area contributed by atoms with Gasteiger partial charge in [-0.25, -0.2) is 4.79 Å². The lowest BCUT2D eigenvalue weighted by Crippen LogP contribution is -2.35. The Hall–Kier alpha value is -1.16. The lowest BCUT2D eigenvalue weighted by atomic mass is 10.0. The van der Waals surface area contributed by atoms with Gasteiger partial charge in [-0.05, 0) is 23.4 Å². The average molecular weight is 237 g/mol. The average Bonchev–Trinajstić information content (AvgIpc) is 2.30. The Morgan fingerprint density at radius 2 is 2.19 bits per heavy atom. The van der Waals surface area contributed by atoms with Crippen molar-refractivity contribution < 1.29 is 9.53 Å². The van der Waals surface area contributed by atoms with E-state index in [2.05, 4.69) is 36.5 Å². The second-order valence-corrected chi connectivity index (χ2v) is 4.96. The van der Waals surface area contributed by atoms with Crippen molar-refractivity contribution in [3.63, 3.8) is 0 Å². The SMILES string of the molecule is CCSc1ccc([C@H]2CCOC(=O)N2)cc1. The van der Waals surface area contributed by atoms with E-state index in [4.69, 9.17) is 4.74 Å². The maximum absolute atomic E-state index is 11.1. The van der Waals surface area contributed by atoms with Gasteiger partial charge in [0.1, 0.15) is 0 Å². The van der Waals surface area contributed by atoms with Gasteiger partial charge in [-0.15, -0.1) is 11.8 Å². The van der Waals surface area contributed by atoms with E-state index in [-0.39, 0.29) is 12.1 Å². The fourth-order valence-corrected chi connectivity index (χ4v) is 2.40. The molecule has 0 saturated carbocycles. The fraction of sp³-hybridized carbons (Fsp3) is 0.417. The van der Waals surface area contributed by atoms with Crippen LogP contribution in [0.3, 0.4) is 0 Å². The van der Waals surface area contributed by atoms with Crippen molar-refractivity contribution in [2.24, 2.45) is 0 Å². The van der Waals surface area contributed by atoms with Crippen molar-refractivity contribution in [3.05, 3.63) is 29.8 Å². The molecule has 16 heavy (non-hydrogen) atoms. The second-order valence-electron chi connectivity index (χ2n) is 3.62. The molecule has 4 heteroatoms. The highest BCUT2D eigenvalue weighted by atomic mass is 32.2. The number of alkyl carbamates (subject to hydrolysis) is 1. The smallest absolute Gasteiger partial charge is 0.407 e. The van der Waals surface area contributed by atoms with E-state index in [9.17, 15) is 4.79 Å². The van der Waals surface area contributed by atoms with Crippen LogP contribution in [0.5, 0.6) is 0 Å². The van der Waals surface area contributed by atoms with E-state index >= 15 is 0 Å². The molecular formula is C12H15NO2S. The van der Waals surface area contributed by atoms with Crippen molar-refractivity contribution in [1.29, 1.82) is 0 Å². The minimum Gasteiger partial charge on any atom is -0.449 e. The number of thioether (sulfide) groups is 1. The number of cyclic esters (lactones) is 1. The number of hydrogen-bond acceptors (Lipinski definition) is 3. The van der Waals surface area contributed by atoms with Crippen LogP contribution in [0.25, 0.3) is 0 Å². The summed E-state index contributed by atoms with van der Waals surface area (Å²) in [6.07, 6.45) is 0.523. The first-order chi connectivity index (χ1) is 7.79. The standard InChI is InChI=1S/C12H15NO2S/c1-2-16-10-5-3-9(4-6-10)11-7-8-15-12(14)13-11/h3-6,11H,2,7-8H2,1H3,(H,13,14)/t11-/m1/s1. The summed E-state index contributed by atoms with van der Waals surface area (Å²) in [7, 11) is 0. The van der Waals surface area contributed by atoms with Gasteiger partial charge < -0.3 is 10.1 Å². The fourth-order valence-electron chi connectivity index (χ4n) is 1.74. The van der Waals surface area contributed by atoms with Gasteiger partial charge in [0.15, 0.2) is 0 Å². The van der Waals surface area contributed by atoms with Crippen LogP contribution in [0.2, 0.25) is 0 Å². The van der Waals surface area contributed by atoms with Crippen molar-refractivity contribution in [2.75, 3.05) is 12.4 Å². The highest BCUT2D eigenvalue weighted by Crippen LogP contribution is 2.23. The van der Waals surface area contributed by atoms with Crippen LogP contribution in [0.15, 0.2) is 29.2 Å². The molecule has 0 unspecified atom stereocenters. The van der Waals surface area contributed by atoms with Crippen LogP contribution in [-0.4, -0.2) is 18.5 Å². The number of nitrogens with one attached hydrogen (secondary N) is 1. The summed E-state index contributed by atoms with van der Waals surface area (Å²) in [4.78, 5) is 12.3. The van der Waals surface area contributed by atoms with Crippen LogP contribution in [0.4, 0.5) is 4.79 Å². The first kappa shape index (κ1) is 11.3. The van der Waals surface area contributed by atoms with Gasteiger partial charge in [0, 0.05) is 11.3 Å². The van der Waals surface area contributed by atoms with Gasteiger partial charge in [0.2, 0.25) is 0 Å². The molecular weight excluding hydrogens is 222 g/mol. The number of benzene rings is 1. The molecule has 0 bridgehead atoms. The summed E-state index contributed by atoms with van der Waals surface area (Å²) in [5.74, 6) is 1.08. The maximum atomic E-state index is 11.1. The van der Waals surface area contributed by atoms with Crippen molar-refractivity contribution >= 4 is 17.9 Å². The lowest BCUT2D eigenvalue weighted by molar-refractivity contribution is 0.115. The third kappa shape index (κ3) is 2.70. The number of carbonyl (C=O) groups is 1. The van der Waals surface area contributed by atoms with Crippen molar-refractivity contribution in [3.8, 4) is 0 Å². The van der Waals surface area contributed by atoms with Gasteiger partial charge in [0.25, 0.3) is 0 Å². The quantitative estimate of drug-likeness (QED) is 0.821. The molecule has 0 aliphatic carbocycles. The third-order valence-electron chi connectivity index (χ3n) is 2.53. The molecule has 2 rings (SSSR count). The zero-order valence-electron chi connectivity index (χ0n) is 9.23. The van der Waals surface area contributed by atoms with Gasteiger partial charge in [-0.1, -0.05) is 19.1 Å². The van der Waals surface area contributed by atoms with E-state index in [0.717, 1.165) is 17.7 Å². The normalized spacial score (nSPS) is 20.1. The van der Waals surface area contributed by atoms with Gasteiger partial charge in [-0.2, -0.15) is 0 Å². The predicted octanol–water partition coefficient (Wildman–Crippen LogP) is 2.97. The summed E-state index contributed by atoms with van der Waals surface area (Å²) in [6, 6.07) is 8.46. The molecule has 1 aromatic carbocycles. The molecule has 1 aliphatic heterocycles. The largest absolute Gasteiger partial charge is 0.449 e. The van der Waals surface area contributed by atoms with Gasteiger partial charge in [-0.3, -0.25) is 0 Å². The summed E-state index contributed by atoms with van der Waals surface area (Å²) in [5.41, 5.74) is 1.15. The Morgan fingerprint density at radius 1 is 1.44 bits per heavy atom. The highest BCUT2D eigenvalue weighted by Gasteiger charge is 2.20. The molecule has 1 aliphatic rings. The Labute approximate surface area is 99.6 Å². The Kier molecular flexibility index (Phi) is 3.72. The number of rotatable bonds is 3. The number of hydrogen-bond donors (Lipinski definition) is 1. The van der Waals surface area contributed by atoms with Crippen LogP contribution >= 0.6 is 11.8 Å². The van der Waals surface area contributed by atoms with E-state index in [1.807, 2.05) is 11.8 Å². The van der Waals surface area contributed by atoms with E-state index in [0.29, 0.717) is 6.61 Å². The summed E-state index contributed by atoms with van der Waals surface area (Å²) in [6.45, 7) is 2.64. The summed E-state index contributed by atoms with van der Waals surface area (Å²) < 4.78 is 4.84. The molecule has 1 amide bonds. The number of ether oxygens (including phenoxy) is 1. The van der Waals surface area contributed by atoms with Crippen LogP contribution in [-0.2, 0) is 4.74 Å². The molecule has 0 radical (unpaired) electrons. The first-order valence-electron chi connectivity index (χ1n) is 5.45. The summed E-state index contributed by atoms with van der Waals surface area (Å²) in [5, 5.41) is 2.82. The number of carbonyl (C=O) groups excluding carboxylic acids is 1. The minimum atomic E-state index is -0.316. The molecule has 86 valence electrons. The molecule has 1 atom stereocenters. The Bertz CT molecular complexity index is 364. The topological polar surface area (TPSA) is 38.3 Å². The zero-order chi connectivity index (χ0) is 11.4. The van der Waals surface area contributed by atoms with Gasteiger partial charge in [0.05, 0.1) is 12.6 Å². The molecule has 1 N–H and O–H groups in total. The molecule has 1 saturated heterocycles. The highest BCUT2D eigenvalue weighted by molar-refractivity contribution is 7.99. The Balaban J connectivity index is 2.05. The zero-order valence-corrected chi connectivity index (χ0v) is 10.0. The van der Waals surface area contributed by atoms with Crippen molar-refractivity contribution in [1.82, 2.24) is 5.32 Å². The Morgan fingerprint density at radius 3 is 2.81 bits per heavy atom. The van der Waals surface area contributed by atoms with Crippen LogP contribution in [0, 0.1) is 0 Å². The maximum Gasteiger partial charge on any atom is 0.407 e. The molecule has 3 nitrogen and oxygen atoms in total. The monoisotopic (exact) mass is 237 g/mol. The number of amides is 1. The molecule has 0 aromatic heterocycles. The predicted molar refractivity (Wildman–Crippen MR) is 64.7 cm³/mol. The first-order valence-corrected chi connectivity index (χ1v) is 6.44. The molecule has 1 heterocycles. The third-order valence-corrected chi connectivity index (χ3v) is 3.42.